The lowest BCUT2D eigenvalue weighted by Gasteiger charge is -2.15. The van der Waals surface area contributed by atoms with Gasteiger partial charge in [-0.3, -0.25) is 4.79 Å². The standard InChI is InChI=1S/C15H12Cl4N2O3S/c1-8(15(22)20-10-3-5-11(17)13(19)7-10)21-25(23,24)14-6-9(16)2-4-12(14)18/h2-8,21H,1H3,(H,20,22)/t8-/m1/s1. The molecular formula is C15H12Cl4N2O3S. The smallest absolute Gasteiger partial charge is 0.242 e. The molecule has 0 heterocycles. The quantitative estimate of drug-likeness (QED) is 0.711. The fourth-order valence-corrected chi connectivity index (χ4v) is 4.12. The van der Waals surface area contributed by atoms with Crippen molar-refractivity contribution in [1.82, 2.24) is 4.72 Å². The van der Waals surface area contributed by atoms with E-state index < -0.39 is 22.0 Å². The van der Waals surface area contributed by atoms with Gasteiger partial charge in [-0.05, 0) is 43.3 Å². The molecule has 0 saturated heterocycles. The molecule has 10 heteroatoms. The van der Waals surface area contributed by atoms with Gasteiger partial charge in [0.25, 0.3) is 0 Å². The van der Waals surface area contributed by atoms with E-state index in [4.69, 9.17) is 46.4 Å². The third-order valence-electron chi connectivity index (χ3n) is 3.10. The Morgan fingerprint density at radius 1 is 0.960 bits per heavy atom. The number of amides is 1. The number of hydrogen-bond donors (Lipinski definition) is 2. The lowest BCUT2D eigenvalue weighted by atomic mass is 10.3. The molecule has 0 fully saturated rings. The maximum atomic E-state index is 12.4. The Morgan fingerprint density at radius 2 is 1.60 bits per heavy atom. The Hall–Kier alpha value is -1.02. The molecule has 0 aromatic heterocycles. The molecule has 2 rings (SSSR count). The number of anilines is 1. The lowest BCUT2D eigenvalue weighted by molar-refractivity contribution is -0.117. The lowest BCUT2D eigenvalue weighted by Crippen LogP contribution is -2.41. The van der Waals surface area contributed by atoms with Gasteiger partial charge in [0.2, 0.25) is 15.9 Å². The second-order valence-electron chi connectivity index (χ2n) is 5.04. The molecule has 5 nitrogen and oxygen atoms in total. The van der Waals surface area contributed by atoms with Gasteiger partial charge in [0, 0.05) is 10.7 Å². The molecule has 2 aromatic carbocycles. The molecule has 0 radical (unpaired) electrons. The predicted octanol–water partition coefficient (Wildman–Crippen LogP) is 4.61. The highest BCUT2D eigenvalue weighted by atomic mass is 35.5. The Bertz CT molecular complexity index is 919. The third kappa shape index (κ3) is 5.23. The number of sulfonamides is 1. The minimum atomic E-state index is -4.04. The Morgan fingerprint density at radius 3 is 2.24 bits per heavy atom. The normalized spacial score (nSPS) is 12.7. The van der Waals surface area contributed by atoms with Crippen LogP contribution in [0.1, 0.15) is 6.92 Å². The van der Waals surface area contributed by atoms with Gasteiger partial charge in [-0.25, -0.2) is 8.42 Å². The Labute approximate surface area is 165 Å². The molecule has 25 heavy (non-hydrogen) atoms. The largest absolute Gasteiger partial charge is 0.325 e. The number of hydrogen-bond acceptors (Lipinski definition) is 3. The number of benzene rings is 2. The van der Waals surface area contributed by atoms with Crippen molar-refractivity contribution in [3.05, 3.63) is 56.5 Å². The van der Waals surface area contributed by atoms with Gasteiger partial charge in [0.15, 0.2) is 0 Å². The second-order valence-corrected chi connectivity index (χ2v) is 8.38. The van der Waals surface area contributed by atoms with E-state index in [0.29, 0.717) is 10.7 Å². The summed E-state index contributed by atoms with van der Waals surface area (Å²) in [5.41, 5.74) is 0.381. The molecule has 0 aliphatic carbocycles. The minimum absolute atomic E-state index is 0.00556. The van der Waals surface area contributed by atoms with E-state index in [1.807, 2.05) is 0 Å². The van der Waals surface area contributed by atoms with Crippen molar-refractivity contribution >= 4 is 68.0 Å². The topological polar surface area (TPSA) is 75.3 Å². The van der Waals surface area contributed by atoms with Crippen molar-refractivity contribution in [2.75, 3.05) is 5.32 Å². The van der Waals surface area contributed by atoms with Crippen LogP contribution in [-0.2, 0) is 14.8 Å². The average Bonchev–Trinajstić information content (AvgIpc) is 2.52. The van der Waals surface area contributed by atoms with E-state index in [0.717, 1.165) is 0 Å². The van der Waals surface area contributed by atoms with Crippen LogP contribution in [-0.4, -0.2) is 20.4 Å². The highest BCUT2D eigenvalue weighted by molar-refractivity contribution is 7.89. The van der Waals surface area contributed by atoms with E-state index in [1.165, 1.54) is 37.3 Å². The van der Waals surface area contributed by atoms with Gasteiger partial charge in [-0.15, -0.1) is 0 Å². The summed E-state index contributed by atoms with van der Waals surface area (Å²) in [5, 5.41) is 3.34. The predicted molar refractivity (Wildman–Crippen MR) is 101 cm³/mol. The van der Waals surface area contributed by atoms with Gasteiger partial charge >= 0.3 is 0 Å². The molecule has 134 valence electrons. The first-order valence-electron chi connectivity index (χ1n) is 6.83. The first-order chi connectivity index (χ1) is 11.6. The minimum Gasteiger partial charge on any atom is -0.325 e. The fraction of sp³-hybridized carbons (Fsp3) is 0.133. The van der Waals surface area contributed by atoms with Gasteiger partial charge in [-0.1, -0.05) is 46.4 Å². The molecule has 0 spiro atoms. The van der Waals surface area contributed by atoms with Crippen molar-refractivity contribution in [3.8, 4) is 0 Å². The van der Waals surface area contributed by atoms with Crippen LogP contribution in [0.5, 0.6) is 0 Å². The second kappa shape index (κ2) is 8.12. The van der Waals surface area contributed by atoms with Crippen LogP contribution in [0.4, 0.5) is 5.69 Å². The zero-order chi connectivity index (χ0) is 18.8. The molecule has 0 aliphatic rings. The third-order valence-corrected chi connectivity index (χ3v) is 6.09. The number of rotatable bonds is 5. The molecule has 2 N–H and O–H groups in total. The first kappa shape index (κ1) is 20.3. The molecule has 1 amide bonds. The molecule has 0 aliphatic heterocycles. The van der Waals surface area contributed by atoms with E-state index in [2.05, 4.69) is 10.0 Å². The fourth-order valence-electron chi connectivity index (χ4n) is 1.86. The van der Waals surface area contributed by atoms with Crippen LogP contribution >= 0.6 is 46.4 Å². The van der Waals surface area contributed by atoms with Crippen LogP contribution in [0.25, 0.3) is 0 Å². The van der Waals surface area contributed by atoms with Crippen molar-refractivity contribution in [2.24, 2.45) is 0 Å². The summed E-state index contributed by atoms with van der Waals surface area (Å²) in [6, 6.07) is 7.46. The van der Waals surface area contributed by atoms with E-state index in [-0.39, 0.29) is 20.0 Å². The van der Waals surface area contributed by atoms with Crippen LogP contribution in [0.2, 0.25) is 20.1 Å². The van der Waals surface area contributed by atoms with Gasteiger partial charge < -0.3 is 5.32 Å². The molecule has 1 atom stereocenters. The summed E-state index contributed by atoms with van der Waals surface area (Å²) in [6.45, 7) is 1.39. The van der Waals surface area contributed by atoms with Crippen molar-refractivity contribution in [2.45, 2.75) is 17.9 Å². The maximum absolute atomic E-state index is 12.4. The molecule has 0 bridgehead atoms. The summed E-state index contributed by atoms with van der Waals surface area (Å²) >= 11 is 23.4. The Balaban J connectivity index is 2.14. The number of nitrogens with one attached hydrogen (secondary N) is 2. The zero-order valence-corrected chi connectivity index (χ0v) is 16.5. The summed E-state index contributed by atoms with van der Waals surface area (Å²) in [4.78, 5) is 12.0. The molecule has 0 unspecified atom stereocenters. The summed E-state index contributed by atoms with van der Waals surface area (Å²) in [6.07, 6.45) is 0. The summed E-state index contributed by atoms with van der Waals surface area (Å²) in [5.74, 6) is -0.583. The molecule has 2 aromatic rings. The number of carbonyl (C=O) groups is 1. The maximum Gasteiger partial charge on any atom is 0.242 e. The van der Waals surface area contributed by atoms with Crippen LogP contribution in [0, 0.1) is 0 Å². The zero-order valence-electron chi connectivity index (χ0n) is 12.7. The highest BCUT2D eigenvalue weighted by Gasteiger charge is 2.24. The van der Waals surface area contributed by atoms with E-state index in [9.17, 15) is 13.2 Å². The summed E-state index contributed by atoms with van der Waals surface area (Å²) in [7, 11) is -4.04. The SMILES string of the molecule is C[C@@H](NS(=O)(=O)c1cc(Cl)ccc1Cl)C(=O)Nc1ccc(Cl)c(Cl)c1. The van der Waals surface area contributed by atoms with Gasteiger partial charge in [0.05, 0.1) is 21.1 Å². The van der Waals surface area contributed by atoms with Crippen molar-refractivity contribution in [3.63, 3.8) is 0 Å². The monoisotopic (exact) mass is 440 g/mol. The van der Waals surface area contributed by atoms with E-state index in [1.54, 1.807) is 6.07 Å². The van der Waals surface area contributed by atoms with Crippen LogP contribution < -0.4 is 10.0 Å². The van der Waals surface area contributed by atoms with E-state index >= 15 is 0 Å². The van der Waals surface area contributed by atoms with Crippen molar-refractivity contribution in [1.29, 1.82) is 0 Å². The number of carbonyl (C=O) groups excluding carboxylic acids is 1. The summed E-state index contributed by atoms with van der Waals surface area (Å²) < 4.78 is 27.0. The van der Waals surface area contributed by atoms with Crippen LogP contribution in [0.15, 0.2) is 41.3 Å². The van der Waals surface area contributed by atoms with Crippen molar-refractivity contribution < 1.29 is 13.2 Å². The Kier molecular flexibility index (Phi) is 6.59. The molecule has 0 saturated carbocycles. The van der Waals surface area contributed by atoms with Gasteiger partial charge in [0.1, 0.15) is 4.90 Å². The average molecular weight is 442 g/mol. The van der Waals surface area contributed by atoms with Gasteiger partial charge in [-0.2, -0.15) is 4.72 Å². The first-order valence-corrected chi connectivity index (χ1v) is 9.83. The number of halogens is 4. The molecular weight excluding hydrogens is 430 g/mol. The van der Waals surface area contributed by atoms with Crippen LogP contribution in [0.3, 0.4) is 0 Å². The highest BCUT2D eigenvalue weighted by Crippen LogP contribution is 2.26.